The molecule has 176 valence electrons. The van der Waals surface area contributed by atoms with Crippen LogP contribution in [0.3, 0.4) is 0 Å². The molecule has 35 heavy (non-hydrogen) atoms. The van der Waals surface area contributed by atoms with Crippen molar-refractivity contribution in [3.63, 3.8) is 0 Å². The summed E-state index contributed by atoms with van der Waals surface area (Å²) >= 11 is 0. The molecule has 0 radical (unpaired) electrons. The van der Waals surface area contributed by atoms with E-state index >= 15 is 0 Å². The van der Waals surface area contributed by atoms with Gasteiger partial charge >= 0.3 is 0 Å². The van der Waals surface area contributed by atoms with Crippen LogP contribution in [0.25, 0.3) is 0 Å². The summed E-state index contributed by atoms with van der Waals surface area (Å²) in [5.41, 5.74) is 2.03. The molecule has 8 heteroatoms. The third-order valence-electron chi connectivity index (χ3n) is 5.04. The summed E-state index contributed by atoms with van der Waals surface area (Å²) in [6, 6.07) is 25.9. The SMILES string of the molecule is O=C(Nc1ccccc1)c1cc(OCc2cccc([N+](=O)[O-])c2)ccc1OCc1cccc(F)c1. The number of nitro groups is 1. The first kappa shape index (κ1) is 23.4. The predicted octanol–water partition coefficient (Wildman–Crippen LogP) is 6.14. The van der Waals surface area contributed by atoms with Gasteiger partial charge in [-0.3, -0.25) is 14.9 Å². The molecule has 7 nitrogen and oxygen atoms in total. The van der Waals surface area contributed by atoms with Crippen LogP contribution in [0, 0.1) is 15.9 Å². The van der Waals surface area contributed by atoms with E-state index in [-0.39, 0.29) is 30.3 Å². The highest BCUT2D eigenvalue weighted by Gasteiger charge is 2.16. The van der Waals surface area contributed by atoms with E-state index in [0.717, 1.165) is 0 Å². The summed E-state index contributed by atoms with van der Waals surface area (Å²) in [4.78, 5) is 23.6. The molecule has 0 spiro atoms. The number of rotatable bonds is 9. The number of carbonyl (C=O) groups excluding carboxylic acids is 1. The normalized spacial score (nSPS) is 10.4. The van der Waals surface area contributed by atoms with Crippen molar-refractivity contribution in [1.82, 2.24) is 0 Å². The Hall–Kier alpha value is -4.72. The first-order chi connectivity index (χ1) is 17.0. The van der Waals surface area contributed by atoms with Gasteiger partial charge in [0.05, 0.1) is 10.5 Å². The van der Waals surface area contributed by atoms with Crippen LogP contribution in [-0.2, 0) is 13.2 Å². The molecule has 1 amide bonds. The summed E-state index contributed by atoms with van der Waals surface area (Å²) in [7, 11) is 0. The van der Waals surface area contributed by atoms with Gasteiger partial charge in [-0.2, -0.15) is 0 Å². The lowest BCUT2D eigenvalue weighted by Crippen LogP contribution is -2.14. The number of hydrogen-bond donors (Lipinski definition) is 1. The summed E-state index contributed by atoms with van der Waals surface area (Å²) in [5, 5.41) is 13.8. The number of para-hydroxylation sites is 1. The van der Waals surface area contributed by atoms with Crippen molar-refractivity contribution in [2.75, 3.05) is 5.32 Å². The van der Waals surface area contributed by atoms with Crippen molar-refractivity contribution in [2.45, 2.75) is 13.2 Å². The minimum Gasteiger partial charge on any atom is -0.489 e. The minimum absolute atomic E-state index is 0.0323. The number of amides is 1. The Balaban J connectivity index is 1.55. The van der Waals surface area contributed by atoms with Gasteiger partial charge in [0.2, 0.25) is 0 Å². The molecule has 1 N–H and O–H groups in total. The van der Waals surface area contributed by atoms with Crippen LogP contribution in [0.2, 0.25) is 0 Å². The van der Waals surface area contributed by atoms with E-state index in [0.29, 0.717) is 28.3 Å². The molecule has 0 aliphatic heterocycles. The molecular weight excluding hydrogens is 451 g/mol. The number of hydrogen-bond acceptors (Lipinski definition) is 5. The highest BCUT2D eigenvalue weighted by Crippen LogP contribution is 2.27. The number of benzene rings is 4. The van der Waals surface area contributed by atoms with Gasteiger partial charge in [-0.1, -0.05) is 42.5 Å². The highest BCUT2D eigenvalue weighted by molar-refractivity contribution is 6.06. The number of non-ortho nitro benzene ring substituents is 1. The summed E-state index contributed by atoms with van der Waals surface area (Å²) in [6.45, 7) is 0.141. The number of halogens is 1. The van der Waals surface area contributed by atoms with Gasteiger partial charge in [0.15, 0.2) is 0 Å². The Labute approximate surface area is 200 Å². The maximum atomic E-state index is 13.5. The number of ether oxygens (including phenoxy) is 2. The first-order valence-corrected chi connectivity index (χ1v) is 10.7. The zero-order chi connectivity index (χ0) is 24.6. The maximum absolute atomic E-state index is 13.5. The standard InChI is InChI=1S/C27H21FN2O5/c28-21-8-4-6-19(14-21)18-35-26-13-12-24(34-17-20-7-5-11-23(15-20)30(32)33)16-25(26)27(31)29-22-9-2-1-3-10-22/h1-16H,17-18H2,(H,29,31). The Bertz CT molecular complexity index is 1340. The Kier molecular flexibility index (Phi) is 7.32. The van der Waals surface area contributed by atoms with Gasteiger partial charge in [-0.05, 0) is 53.6 Å². The summed E-state index contributed by atoms with van der Waals surface area (Å²) < 4.78 is 25.1. The number of nitrogens with zero attached hydrogens (tertiary/aromatic N) is 1. The fourth-order valence-electron chi connectivity index (χ4n) is 3.34. The number of carbonyl (C=O) groups is 1. The van der Waals surface area contributed by atoms with Crippen LogP contribution in [-0.4, -0.2) is 10.8 Å². The molecule has 0 fully saturated rings. The van der Waals surface area contributed by atoms with Crippen molar-refractivity contribution in [3.05, 3.63) is 130 Å². The van der Waals surface area contributed by atoms with Gasteiger partial charge < -0.3 is 14.8 Å². The van der Waals surface area contributed by atoms with Crippen LogP contribution < -0.4 is 14.8 Å². The zero-order valence-electron chi connectivity index (χ0n) is 18.5. The zero-order valence-corrected chi connectivity index (χ0v) is 18.5. The lowest BCUT2D eigenvalue weighted by atomic mass is 10.1. The van der Waals surface area contributed by atoms with Gasteiger partial charge in [-0.15, -0.1) is 0 Å². The average Bonchev–Trinajstić information content (AvgIpc) is 2.87. The van der Waals surface area contributed by atoms with Gasteiger partial charge in [-0.25, -0.2) is 4.39 Å². The molecule has 4 rings (SSSR count). The van der Waals surface area contributed by atoms with E-state index in [4.69, 9.17) is 9.47 Å². The molecule has 0 saturated carbocycles. The molecule has 0 saturated heterocycles. The monoisotopic (exact) mass is 472 g/mol. The first-order valence-electron chi connectivity index (χ1n) is 10.7. The second-order valence-electron chi connectivity index (χ2n) is 7.61. The van der Waals surface area contributed by atoms with Crippen molar-refractivity contribution in [2.24, 2.45) is 0 Å². The minimum atomic E-state index is -0.472. The summed E-state index contributed by atoms with van der Waals surface area (Å²) in [6.07, 6.45) is 0. The van der Waals surface area contributed by atoms with Crippen LogP contribution >= 0.6 is 0 Å². The van der Waals surface area contributed by atoms with E-state index < -0.39 is 10.8 Å². The van der Waals surface area contributed by atoms with Crippen molar-refractivity contribution >= 4 is 17.3 Å². The molecule has 4 aromatic rings. The van der Waals surface area contributed by atoms with Crippen molar-refractivity contribution in [1.29, 1.82) is 0 Å². The Morgan fingerprint density at radius 1 is 0.829 bits per heavy atom. The maximum Gasteiger partial charge on any atom is 0.269 e. The predicted molar refractivity (Wildman–Crippen MR) is 129 cm³/mol. The Morgan fingerprint density at radius 2 is 1.54 bits per heavy atom. The van der Waals surface area contributed by atoms with Gasteiger partial charge in [0.25, 0.3) is 11.6 Å². The molecule has 0 atom stereocenters. The van der Waals surface area contributed by atoms with E-state index in [2.05, 4.69) is 5.32 Å². The van der Waals surface area contributed by atoms with Crippen molar-refractivity contribution in [3.8, 4) is 11.5 Å². The fourth-order valence-corrected chi connectivity index (χ4v) is 3.34. The Morgan fingerprint density at radius 3 is 2.29 bits per heavy atom. The van der Waals surface area contributed by atoms with E-state index in [1.807, 2.05) is 6.07 Å². The van der Waals surface area contributed by atoms with E-state index in [1.54, 1.807) is 60.7 Å². The highest BCUT2D eigenvalue weighted by atomic mass is 19.1. The van der Waals surface area contributed by atoms with Gasteiger partial charge in [0.1, 0.15) is 30.5 Å². The molecule has 0 aromatic heterocycles. The topological polar surface area (TPSA) is 90.7 Å². The van der Waals surface area contributed by atoms with E-state index in [1.165, 1.54) is 30.3 Å². The molecule has 4 aromatic carbocycles. The number of nitrogens with one attached hydrogen (secondary N) is 1. The molecule has 0 aliphatic carbocycles. The lowest BCUT2D eigenvalue weighted by Gasteiger charge is -2.14. The summed E-state index contributed by atoms with van der Waals surface area (Å²) in [5.74, 6) is -0.109. The average molecular weight is 472 g/mol. The molecule has 0 heterocycles. The van der Waals surface area contributed by atoms with Crippen LogP contribution in [0.1, 0.15) is 21.5 Å². The van der Waals surface area contributed by atoms with Crippen LogP contribution in [0.5, 0.6) is 11.5 Å². The third kappa shape index (κ3) is 6.42. The van der Waals surface area contributed by atoms with E-state index in [9.17, 15) is 19.3 Å². The second kappa shape index (κ2) is 10.9. The van der Waals surface area contributed by atoms with Crippen LogP contribution in [0.4, 0.5) is 15.8 Å². The fraction of sp³-hybridized carbons (Fsp3) is 0.0741. The number of nitro benzene ring substituents is 1. The van der Waals surface area contributed by atoms with Crippen molar-refractivity contribution < 1.29 is 23.6 Å². The molecule has 0 bridgehead atoms. The smallest absolute Gasteiger partial charge is 0.269 e. The largest absolute Gasteiger partial charge is 0.489 e. The molecule has 0 unspecified atom stereocenters. The quantitative estimate of drug-likeness (QED) is 0.233. The van der Waals surface area contributed by atoms with Gasteiger partial charge in [0, 0.05) is 17.8 Å². The third-order valence-corrected chi connectivity index (χ3v) is 5.04. The lowest BCUT2D eigenvalue weighted by molar-refractivity contribution is -0.384. The number of anilines is 1. The second-order valence-corrected chi connectivity index (χ2v) is 7.61. The molecule has 0 aliphatic rings. The molecular formula is C27H21FN2O5. The van der Waals surface area contributed by atoms with Crippen LogP contribution in [0.15, 0.2) is 97.1 Å².